The van der Waals surface area contributed by atoms with Crippen molar-refractivity contribution in [2.75, 3.05) is 4.90 Å². The molecule has 0 saturated heterocycles. The minimum atomic E-state index is 0.0280. The van der Waals surface area contributed by atoms with Crippen LogP contribution in [0.5, 0.6) is 0 Å². The maximum absolute atomic E-state index is 12.4. The van der Waals surface area contributed by atoms with Crippen LogP contribution in [-0.2, 0) is 17.8 Å². The second-order valence-corrected chi connectivity index (χ2v) is 6.04. The molecule has 1 aliphatic rings. The predicted molar refractivity (Wildman–Crippen MR) is 90.5 cm³/mol. The number of nitrogens with zero attached hydrogens (tertiary/aromatic N) is 3. The van der Waals surface area contributed by atoms with Crippen molar-refractivity contribution in [1.29, 1.82) is 0 Å². The van der Waals surface area contributed by atoms with Crippen molar-refractivity contribution in [3.63, 3.8) is 0 Å². The second-order valence-electron chi connectivity index (χ2n) is 6.04. The van der Waals surface area contributed by atoms with Crippen molar-refractivity contribution < 1.29 is 9.21 Å². The van der Waals surface area contributed by atoms with Crippen LogP contribution in [0.3, 0.4) is 0 Å². The summed E-state index contributed by atoms with van der Waals surface area (Å²) < 4.78 is 5.38. The number of fused-ring (bicyclic) bond motifs is 1. The molecule has 120 valence electrons. The molecule has 0 N–H and O–H groups in total. The molecule has 1 aromatic carbocycles. The summed E-state index contributed by atoms with van der Waals surface area (Å²) in [5, 5.41) is 0. The molecular formula is C19H17N3O2. The lowest BCUT2D eigenvalue weighted by Gasteiger charge is -2.16. The first-order chi connectivity index (χ1) is 11.6. The number of carbonyl (C=O) groups is 1. The van der Waals surface area contributed by atoms with E-state index in [-0.39, 0.29) is 5.91 Å². The number of furan rings is 1. The zero-order valence-electron chi connectivity index (χ0n) is 13.6. The van der Waals surface area contributed by atoms with Crippen molar-refractivity contribution in [2.24, 2.45) is 0 Å². The van der Waals surface area contributed by atoms with E-state index in [4.69, 9.17) is 9.40 Å². The number of aryl methyl sites for hydroxylation is 2. The molecule has 0 radical (unpaired) electrons. The Balaban J connectivity index is 1.78. The van der Waals surface area contributed by atoms with Crippen molar-refractivity contribution in [1.82, 2.24) is 9.97 Å². The van der Waals surface area contributed by atoms with Gasteiger partial charge in [-0.1, -0.05) is 23.8 Å². The molecule has 4 rings (SSSR count). The van der Waals surface area contributed by atoms with Gasteiger partial charge in [0.25, 0.3) is 0 Å². The topological polar surface area (TPSA) is 59.2 Å². The van der Waals surface area contributed by atoms with Crippen LogP contribution in [0.25, 0.3) is 11.4 Å². The maximum Gasteiger partial charge on any atom is 0.233 e. The monoisotopic (exact) mass is 319 g/mol. The summed E-state index contributed by atoms with van der Waals surface area (Å²) in [5.74, 6) is 2.11. The van der Waals surface area contributed by atoms with E-state index < -0.39 is 0 Å². The second kappa shape index (κ2) is 5.60. The van der Waals surface area contributed by atoms with Gasteiger partial charge in [-0.05, 0) is 32.0 Å². The smallest absolute Gasteiger partial charge is 0.233 e. The van der Waals surface area contributed by atoms with Crippen LogP contribution in [0.1, 0.15) is 22.6 Å². The summed E-state index contributed by atoms with van der Waals surface area (Å²) in [6.07, 6.45) is 1.95. The van der Waals surface area contributed by atoms with Crippen LogP contribution in [0.4, 0.5) is 5.82 Å². The van der Waals surface area contributed by atoms with Crippen molar-refractivity contribution >= 4 is 11.7 Å². The third-order valence-electron chi connectivity index (χ3n) is 4.25. The quantitative estimate of drug-likeness (QED) is 0.742. The Morgan fingerprint density at radius 3 is 2.79 bits per heavy atom. The summed E-state index contributed by atoms with van der Waals surface area (Å²) in [6.45, 7) is 4.36. The first-order valence-electron chi connectivity index (χ1n) is 7.89. The van der Waals surface area contributed by atoms with Crippen LogP contribution in [0.2, 0.25) is 0 Å². The average Bonchev–Trinajstić information content (AvgIpc) is 3.17. The van der Waals surface area contributed by atoms with E-state index in [1.54, 1.807) is 11.2 Å². The highest BCUT2D eigenvalue weighted by molar-refractivity contribution is 6.00. The first kappa shape index (κ1) is 14.6. The number of anilines is 1. The highest BCUT2D eigenvalue weighted by Crippen LogP contribution is 2.32. The molecule has 24 heavy (non-hydrogen) atoms. The van der Waals surface area contributed by atoms with E-state index in [0.29, 0.717) is 24.6 Å². The fraction of sp³-hybridized carbons (Fsp3) is 0.211. The number of carbonyl (C=O) groups excluding carboxylic acids is 1. The van der Waals surface area contributed by atoms with E-state index >= 15 is 0 Å². The van der Waals surface area contributed by atoms with Gasteiger partial charge in [0.15, 0.2) is 5.82 Å². The summed E-state index contributed by atoms with van der Waals surface area (Å²) in [7, 11) is 0. The number of benzene rings is 1. The Hall–Kier alpha value is -2.95. The first-order valence-corrected chi connectivity index (χ1v) is 7.89. The molecule has 0 unspecified atom stereocenters. The van der Waals surface area contributed by atoms with Crippen LogP contribution >= 0.6 is 0 Å². The lowest BCUT2D eigenvalue weighted by molar-refractivity contribution is -0.117. The summed E-state index contributed by atoms with van der Waals surface area (Å²) in [6, 6.07) is 11.7. The SMILES string of the molecule is Cc1cccc(-c2nc(C)c3c(n2)N(Cc2ccco2)C(=O)C3)c1. The molecule has 2 aromatic heterocycles. The molecule has 5 nitrogen and oxygen atoms in total. The number of hydrogen-bond acceptors (Lipinski definition) is 4. The highest BCUT2D eigenvalue weighted by Gasteiger charge is 2.32. The van der Waals surface area contributed by atoms with Gasteiger partial charge in [-0.2, -0.15) is 0 Å². The third-order valence-corrected chi connectivity index (χ3v) is 4.25. The highest BCUT2D eigenvalue weighted by atomic mass is 16.3. The number of hydrogen-bond donors (Lipinski definition) is 0. The maximum atomic E-state index is 12.4. The Kier molecular flexibility index (Phi) is 3.41. The van der Waals surface area contributed by atoms with Gasteiger partial charge in [-0.3, -0.25) is 9.69 Å². The number of aromatic nitrogens is 2. The molecular weight excluding hydrogens is 302 g/mol. The molecule has 1 aliphatic heterocycles. The van der Waals surface area contributed by atoms with Gasteiger partial charge >= 0.3 is 0 Å². The van der Waals surface area contributed by atoms with E-state index in [0.717, 1.165) is 28.1 Å². The third kappa shape index (κ3) is 2.48. The number of rotatable bonds is 3. The van der Waals surface area contributed by atoms with Crippen LogP contribution in [0, 0.1) is 13.8 Å². The number of amides is 1. The van der Waals surface area contributed by atoms with Gasteiger partial charge in [0.1, 0.15) is 11.6 Å². The van der Waals surface area contributed by atoms with Crippen molar-refractivity contribution in [2.45, 2.75) is 26.8 Å². The van der Waals surface area contributed by atoms with Gasteiger partial charge in [0.2, 0.25) is 5.91 Å². The molecule has 0 saturated carbocycles. The van der Waals surface area contributed by atoms with E-state index in [1.165, 1.54) is 0 Å². The van der Waals surface area contributed by atoms with Gasteiger partial charge in [0.05, 0.1) is 19.2 Å². The van der Waals surface area contributed by atoms with Gasteiger partial charge in [0, 0.05) is 16.8 Å². The van der Waals surface area contributed by atoms with Crippen LogP contribution < -0.4 is 4.90 Å². The standard InChI is InChI=1S/C19H17N3O2/c1-12-5-3-6-14(9-12)18-20-13(2)16-10-17(23)22(19(16)21-18)11-15-7-4-8-24-15/h3-9H,10-11H2,1-2H3. The molecule has 0 atom stereocenters. The van der Waals surface area contributed by atoms with Crippen molar-refractivity contribution in [3.8, 4) is 11.4 Å². The molecule has 3 aromatic rings. The molecule has 0 bridgehead atoms. The zero-order valence-corrected chi connectivity index (χ0v) is 13.6. The van der Waals surface area contributed by atoms with E-state index in [9.17, 15) is 4.79 Å². The minimum Gasteiger partial charge on any atom is -0.467 e. The largest absolute Gasteiger partial charge is 0.467 e. The van der Waals surface area contributed by atoms with Crippen LogP contribution in [-0.4, -0.2) is 15.9 Å². The van der Waals surface area contributed by atoms with E-state index in [2.05, 4.69) is 11.1 Å². The summed E-state index contributed by atoms with van der Waals surface area (Å²) >= 11 is 0. The average molecular weight is 319 g/mol. The lowest BCUT2D eigenvalue weighted by Crippen LogP contribution is -2.26. The fourth-order valence-electron chi connectivity index (χ4n) is 3.01. The predicted octanol–water partition coefficient (Wildman–Crippen LogP) is 3.44. The van der Waals surface area contributed by atoms with Gasteiger partial charge < -0.3 is 4.42 Å². The Morgan fingerprint density at radius 1 is 1.17 bits per heavy atom. The molecule has 0 fully saturated rings. The summed E-state index contributed by atoms with van der Waals surface area (Å²) in [4.78, 5) is 23.4. The molecule has 0 spiro atoms. The molecule has 5 heteroatoms. The van der Waals surface area contributed by atoms with Gasteiger partial charge in [-0.25, -0.2) is 9.97 Å². The van der Waals surface area contributed by atoms with Gasteiger partial charge in [-0.15, -0.1) is 0 Å². The van der Waals surface area contributed by atoms with Crippen LogP contribution in [0.15, 0.2) is 47.1 Å². The Morgan fingerprint density at radius 2 is 2.04 bits per heavy atom. The molecule has 1 amide bonds. The fourth-order valence-corrected chi connectivity index (χ4v) is 3.01. The normalized spacial score (nSPS) is 13.4. The van der Waals surface area contributed by atoms with E-state index in [1.807, 2.05) is 44.2 Å². The zero-order chi connectivity index (χ0) is 16.7. The Bertz CT molecular complexity index is 916. The molecule has 0 aliphatic carbocycles. The lowest BCUT2D eigenvalue weighted by atomic mass is 10.1. The minimum absolute atomic E-state index is 0.0280. The Labute approximate surface area is 140 Å². The summed E-state index contributed by atoms with van der Waals surface area (Å²) in [5.41, 5.74) is 3.87. The van der Waals surface area contributed by atoms with Crippen molar-refractivity contribution in [3.05, 3.63) is 65.2 Å². The molecule has 3 heterocycles.